The largest absolute Gasteiger partial charge is 0.473 e. The van der Waals surface area contributed by atoms with Gasteiger partial charge in [-0.15, -0.1) is 0 Å². The summed E-state index contributed by atoms with van der Waals surface area (Å²) in [7, 11) is 0. The van der Waals surface area contributed by atoms with Crippen LogP contribution < -0.4 is 15.4 Å². The quantitative estimate of drug-likeness (QED) is 0.465. The third kappa shape index (κ3) is 3.91. The Morgan fingerprint density at radius 1 is 1.09 bits per heavy atom. The first-order valence-corrected chi connectivity index (χ1v) is 11.3. The standard InChI is InChI=1S/C25H26N6O/c1-2-11-27-22(3-1)19-6-4-17(5-7-19)14-28-23-13-24(32-20-10-12-26-15-20)30-25-21(18-8-9-18)16-29-31(23)25/h1-7,11,13,16,18,20,26,28H,8-10,12,14-15H2/t20-/m0/s1. The summed E-state index contributed by atoms with van der Waals surface area (Å²) in [6.07, 6.45) is 7.39. The van der Waals surface area contributed by atoms with Crippen LogP contribution in [0.25, 0.3) is 16.9 Å². The van der Waals surface area contributed by atoms with Crippen LogP contribution in [0.3, 0.4) is 0 Å². The number of nitrogens with zero attached hydrogens (tertiary/aromatic N) is 4. The van der Waals surface area contributed by atoms with Gasteiger partial charge in [0.2, 0.25) is 5.88 Å². The van der Waals surface area contributed by atoms with Gasteiger partial charge in [-0.25, -0.2) is 0 Å². The van der Waals surface area contributed by atoms with Crippen LogP contribution in [0.4, 0.5) is 5.82 Å². The van der Waals surface area contributed by atoms with Crippen molar-refractivity contribution in [3.63, 3.8) is 0 Å². The Hall–Kier alpha value is -3.45. The molecule has 1 atom stereocenters. The Morgan fingerprint density at radius 2 is 2.00 bits per heavy atom. The molecule has 3 aromatic heterocycles. The molecule has 162 valence electrons. The zero-order valence-electron chi connectivity index (χ0n) is 17.9. The summed E-state index contributed by atoms with van der Waals surface area (Å²) < 4.78 is 8.12. The smallest absolute Gasteiger partial charge is 0.219 e. The second-order valence-electron chi connectivity index (χ2n) is 8.59. The SMILES string of the molecule is c1ccc(-c2ccc(CNc3cc(O[C@H]4CCNC4)nc4c(C5CC5)cnn34)cc2)nc1. The van der Waals surface area contributed by atoms with Crippen LogP contribution in [0.1, 0.15) is 36.3 Å². The third-order valence-corrected chi connectivity index (χ3v) is 6.18. The van der Waals surface area contributed by atoms with E-state index in [0.717, 1.165) is 42.2 Å². The summed E-state index contributed by atoms with van der Waals surface area (Å²) in [5.41, 5.74) is 5.41. The number of hydrogen-bond donors (Lipinski definition) is 2. The van der Waals surface area contributed by atoms with Gasteiger partial charge >= 0.3 is 0 Å². The average molecular weight is 427 g/mol. The topological polar surface area (TPSA) is 76.4 Å². The molecule has 32 heavy (non-hydrogen) atoms. The van der Waals surface area contributed by atoms with Crippen molar-refractivity contribution in [1.29, 1.82) is 0 Å². The van der Waals surface area contributed by atoms with Crippen molar-refractivity contribution < 1.29 is 4.74 Å². The summed E-state index contributed by atoms with van der Waals surface area (Å²) in [5, 5.41) is 11.5. The molecule has 0 radical (unpaired) electrons. The van der Waals surface area contributed by atoms with E-state index in [1.165, 1.54) is 24.0 Å². The fourth-order valence-corrected chi connectivity index (χ4v) is 4.25. The number of rotatable bonds is 7. The van der Waals surface area contributed by atoms with E-state index in [-0.39, 0.29) is 6.10 Å². The molecule has 1 aliphatic heterocycles. The van der Waals surface area contributed by atoms with Crippen molar-refractivity contribution in [3.8, 4) is 17.1 Å². The minimum atomic E-state index is 0.171. The predicted molar refractivity (Wildman–Crippen MR) is 124 cm³/mol. The molecule has 0 amide bonds. The van der Waals surface area contributed by atoms with E-state index in [1.807, 2.05) is 41.2 Å². The predicted octanol–water partition coefficient (Wildman–Crippen LogP) is 4.02. The van der Waals surface area contributed by atoms with E-state index < -0.39 is 0 Å². The Bertz CT molecular complexity index is 1210. The van der Waals surface area contributed by atoms with Gasteiger partial charge in [-0.3, -0.25) is 4.98 Å². The maximum absolute atomic E-state index is 6.20. The van der Waals surface area contributed by atoms with E-state index in [4.69, 9.17) is 9.72 Å². The van der Waals surface area contributed by atoms with Gasteiger partial charge in [0, 0.05) is 36.5 Å². The molecule has 4 aromatic rings. The second kappa shape index (κ2) is 8.24. The normalized spacial score (nSPS) is 18.2. The van der Waals surface area contributed by atoms with Crippen molar-refractivity contribution in [2.24, 2.45) is 0 Å². The number of anilines is 1. The minimum absolute atomic E-state index is 0.171. The molecule has 7 nitrogen and oxygen atoms in total. The van der Waals surface area contributed by atoms with Gasteiger partial charge < -0.3 is 15.4 Å². The summed E-state index contributed by atoms with van der Waals surface area (Å²) in [6.45, 7) is 2.55. The Kier molecular flexibility index (Phi) is 4.96. The number of ether oxygens (including phenoxy) is 1. The summed E-state index contributed by atoms with van der Waals surface area (Å²) >= 11 is 0. The van der Waals surface area contributed by atoms with Gasteiger partial charge in [0.15, 0.2) is 5.65 Å². The molecule has 0 spiro atoms. The highest BCUT2D eigenvalue weighted by Gasteiger charge is 2.28. The van der Waals surface area contributed by atoms with Gasteiger partial charge in [-0.05, 0) is 49.4 Å². The zero-order valence-corrected chi connectivity index (χ0v) is 17.9. The highest BCUT2D eigenvalue weighted by Crippen LogP contribution is 2.42. The fraction of sp³-hybridized carbons (Fsp3) is 0.320. The fourth-order valence-electron chi connectivity index (χ4n) is 4.25. The van der Waals surface area contributed by atoms with Crippen molar-refractivity contribution in [3.05, 3.63) is 72.1 Å². The number of aromatic nitrogens is 4. The lowest BCUT2D eigenvalue weighted by Gasteiger charge is -2.15. The third-order valence-electron chi connectivity index (χ3n) is 6.18. The zero-order chi connectivity index (χ0) is 21.3. The van der Waals surface area contributed by atoms with Crippen LogP contribution >= 0.6 is 0 Å². The summed E-state index contributed by atoms with van der Waals surface area (Å²) in [5.74, 6) is 2.15. The van der Waals surface area contributed by atoms with E-state index >= 15 is 0 Å². The van der Waals surface area contributed by atoms with Crippen LogP contribution in [-0.2, 0) is 6.54 Å². The first kappa shape index (κ1) is 19.3. The van der Waals surface area contributed by atoms with Gasteiger partial charge in [0.05, 0.1) is 11.9 Å². The lowest BCUT2D eigenvalue weighted by atomic mass is 10.1. The van der Waals surface area contributed by atoms with Gasteiger partial charge in [0.25, 0.3) is 0 Å². The first-order valence-electron chi connectivity index (χ1n) is 11.3. The number of fused-ring (bicyclic) bond motifs is 1. The van der Waals surface area contributed by atoms with Crippen LogP contribution in [0.5, 0.6) is 5.88 Å². The molecule has 6 rings (SSSR count). The maximum Gasteiger partial charge on any atom is 0.219 e. The van der Waals surface area contributed by atoms with Gasteiger partial charge in [-0.1, -0.05) is 30.3 Å². The first-order chi connectivity index (χ1) is 15.8. The molecule has 1 saturated heterocycles. The average Bonchev–Trinajstić information content (AvgIpc) is 3.38. The Morgan fingerprint density at radius 3 is 2.75 bits per heavy atom. The van der Waals surface area contributed by atoms with Crippen LogP contribution in [0.2, 0.25) is 0 Å². The number of benzene rings is 1. The molecule has 7 heteroatoms. The molecule has 1 aliphatic carbocycles. The molecule has 0 bridgehead atoms. The molecule has 0 unspecified atom stereocenters. The van der Waals surface area contributed by atoms with Crippen LogP contribution in [-0.4, -0.2) is 38.8 Å². The van der Waals surface area contributed by atoms with Crippen molar-refractivity contribution >= 4 is 11.5 Å². The molecule has 2 fully saturated rings. The Labute approximate surface area is 186 Å². The van der Waals surface area contributed by atoms with Gasteiger partial charge in [-0.2, -0.15) is 14.6 Å². The lowest BCUT2D eigenvalue weighted by molar-refractivity contribution is 0.214. The monoisotopic (exact) mass is 426 g/mol. The van der Waals surface area contributed by atoms with Crippen molar-refractivity contribution in [2.45, 2.75) is 37.8 Å². The maximum atomic E-state index is 6.20. The van der Waals surface area contributed by atoms with Crippen molar-refractivity contribution in [1.82, 2.24) is 24.9 Å². The summed E-state index contributed by atoms with van der Waals surface area (Å²) in [6, 6.07) is 16.4. The minimum Gasteiger partial charge on any atom is -0.473 e. The van der Waals surface area contributed by atoms with E-state index in [2.05, 4.69) is 45.0 Å². The molecular weight excluding hydrogens is 400 g/mol. The molecule has 1 aromatic carbocycles. The lowest BCUT2D eigenvalue weighted by Crippen LogP contribution is -2.20. The van der Waals surface area contributed by atoms with Crippen LogP contribution in [0.15, 0.2) is 60.9 Å². The van der Waals surface area contributed by atoms with Gasteiger partial charge in [0.1, 0.15) is 11.9 Å². The van der Waals surface area contributed by atoms with Crippen molar-refractivity contribution in [2.75, 3.05) is 18.4 Å². The number of pyridine rings is 1. The Balaban J connectivity index is 1.25. The van der Waals surface area contributed by atoms with Crippen LogP contribution in [0, 0.1) is 0 Å². The molecule has 2 N–H and O–H groups in total. The second-order valence-corrected chi connectivity index (χ2v) is 8.59. The highest BCUT2D eigenvalue weighted by molar-refractivity contribution is 5.60. The molecule has 4 heterocycles. The number of nitrogens with one attached hydrogen (secondary N) is 2. The molecular formula is C25H26N6O. The summed E-state index contributed by atoms with van der Waals surface area (Å²) in [4.78, 5) is 9.25. The van der Waals surface area contributed by atoms with E-state index in [0.29, 0.717) is 18.3 Å². The highest BCUT2D eigenvalue weighted by atomic mass is 16.5. The van der Waals surface area contributed by atoms with E-state index in [1.54, 1.807) is 0 Å². The molecule has 2 aliphatic rings. The molecule has 1 saturated carbocycles. The van der Waals surface area contributed by atoms with E-state index in [9.17, 15) is 0 Å². The number of hydrogen-bond acceptors (Lipinski definition) is 6.